The lowest BCUT2D eigenvalue weighted by Crippen LogP contribution is -2.30. The van der Waals surface area contributed by atoms with E-state index in [9.17, 15) is 19.7 Å². The van der Waals surface area contributed by atoms with Crippen molar-refractivity contribution >= 4 is 35.0 Å². The normalized spacial score (nSPS) is 10.9. The van der Waals surface area contributed by atoms with Crippen LogP contribution in [0.15, 0.2) is 78.5 Å². The van der Waals surface area contributed by atoms with Crippen molar-refractivity contribution in [2.24, 2.45) is 0 Å². The molecule has 0 aliphatic carbocycles. The molecule has 9 heteroatoms. The summed E-state index contributed by atoms with van der Waals surface area (Å²) in [4.78, 5) is 38.4. The van der Waals surface area contributed by atoms with E-state index in [1.54, 1.807) is 30.3 Å². The summed E-state index contributed by atoms with van der Waals surface area (Å²) in [5.41, 5.74) is 2.33. The highest BCUT2D eigenvalue weighted by molar-refractivity contribution is 6.10. The van der Waals surface area contributed by atoms with E-state index in [-0.39, 0.29) is 11.4 Å². The topological polar surface area (TPSA) is 114 Å². The molecule has 9 nitrogen and oxygen atoms in total. The van der Waals surface area contributed by atoms with Crippen LogP contribution in [0.1, 0.15) is 35.7 Å². The standard InChI is InChI=1S/C28H30N4O5/c1-4-5-18-37-25-16-8-21(9-17-25)27(33)30-26(19-20-6-12-23(13-7-20)31(2)3)28(34)29-22-10-14-24(15-11-22)32(35)36/h6-17,19H,4-5,18H2,1-3H3,(H,29,34)(H,30,33)/b26-19+. The van der Waals surface area contributed by atoms with Gasteiger partial charge in [0.05, 0.1) is 11.5 Å². The lowest BCUT2D eigenvalue weighted by atomic mass is 10.1. The Bertz CT molecular complexity index is 1250. The number of hydrogen-bond acceptors (Lipinski definition) is 6. The summed E-state index contributed by atoms with van der Waals surface area (Å²) >= 11 is 0. The minimum atomic E-state index is -0.571. The third-order valence-electron chi connectivity index (χ3n) is 5.43. The van der Waals surface area contributed by atoms with E-state index < -0.39 is 16.7 Å². The first-order chi connectivity index (χ1) is 17.8. The Hall–Kier alpha value is -4.66. The van der Waals surface area contributed by atoms with E-state index in [1.165, 1.54) is 24.3 Å². The Kier molecular flexibility index (Phi) is 9.37. The van der Waals surface area contributed by atoms with Gasteiger partial charge in [0.25, 0.3) is 17.5 Å². The first kappa shape index (κ1) is 26.9. The smallest absolute Gasteiger partial charge is 0.272 e. The average molecular weight is 503 g/mol. The van der Waals surface area contributed by atoms with Crippen LogP contribution >= 0.6 is 0 Å². The minimum Gasteiger partial charge on any atom is -0.494 e. The number of hydrogen-bond donors (Lipinski definition) is 2. The van der Waals surface area contributed by atoms with Crippen molar-refractivity contribution in [2.45, 2.75) is 19.8 Å². The van der Waals surface area contributed by atoms with E-state index in [0.29, 0.717) is 29.2 Å². The molecule has 0 aliphatic heterocycles. The second kappa shape index (κ2) is 12.9. The number of amides is 2. The average Bonchev–Trinajstić information content (AvgIpc) is 2.89. The fourth-order valence-electron chi connectivity index (χ4n) is 3.29. The van der Waals surface area contributed by atoms with Gasteiger partial charge in [-0.25, -0.2) is 0 Å². The molecular weight excluding hydrogens is 472 g/mol. The lowest BCUT2D eigenvalue weighted by molar-refractivity contribution is -0.384. The molecule has 3 aromatic carbocycles. The van der Waals surface area contributed by atoms with Gasteiger partial charge < -0.3 is 20.3 Å². The first-order valence-electron chi connectivity index (χ1n) is 11.9. The predicted molar refractivity (Wildman–Crippen MR) is 145 cm³/mol. The van der Waals surface area contributed by atoms with Crippen LogP contribution in [0.3, 0.4) is 0 Å². The maximum atomic E-state index is 13.1. The van der Waals surface area contributed by atoms with E-state index >= 15 is 0 Å². The summed E-state index contributed by atoms with van der Waals surface area (Å²) in [6.45, 7) is 2.68. The van der Waals surface area contributed by atoms with Gasteiger partial charge in [-0.3, -0.25) is 19.7 Å². The molecule has 3 aromatic rings. The molecule has 2 amide bonds. The molecule has 0 aliphatic rings. The number of carbonyl (C=O) groups is 2. The highest BCUT2D eigenvalue weighted by Gasteiger charge is 2.16. The highest BCUT2D eigenvalue weighted by atomic mass is 16.6. The number of ether oxygens (including phenoxy) is 1. The molecule has 2 N–H and O–H groups in total. The van der Waals surface area contributed by atoms with Crippen molar-refractivity contribution in [3.05, 3.63) is 99.7 Å². The molecule has 37 heavy (non-hydrogen) atoms. The van der Waals surface area contributed by atoms with Crippen LogP contribution in [-0.4, -0.2) is 37.4 Å². The zero-order valence-electron chi connectivity index (χ0n) is 21.1. The Morgan fingerprint density at radius 1 is 0.973 bits per heavy atom. The molecule has 192 valence electrons. The minimum absolute atomic E-state index is 0.0178. The molecule has 0 spiro atoms. The number of anilines is 2. The molecule has 0 bridgehead atoms. The summed E-state index contributed by atoms with van der Waals surface area (Å²) in [6.07, 6.45) is 3.53. The number of benzene rings is 3. The summed E-state index contributed by atoms with van der Waals surface area (Å²) in [6, 6.07) is 19.6. The van der Waals surface area contributed by atoms with E-state index in [0.717, 1.165) is 18.5 Å². The van der Waals surface area contributed by atoms with Crippen LogP contribution < -0.4 is 20.3 Å². The number of non-ortho nitro benzene ring substituents is 1. The predicted octanol–water partition coefficient (Wildman–Crippen LogP) is 5.25. The number of nitro groups is 1. The van der Waals surface area contributed by atoms with Crippen LogP contribution in [0.4, 0.5) is 17.1 Å². The Morgan fingerprint density at radius 3 is 2.19 bits per heavy atom. The van der Waals surface area contributed by atoms with Gasteiger partial charge in [-0.15, -0.1) is 0 Å². The molecular formula is C28H30N4O5. The van der Waals surface area contributed by atoms with Crippen LogP contribution in [0.5, 0.6) is 5.75 Å². The van der Waals surface area contributed by atoms with E-state index in [4.69, 9.17) is 4.74 Å². The maximum absolute atomic E-state index is 13.1. The van der Waals surface area contributed by atoms with E-state index in [2.05, 4.69) is 17.6 Å². The van der Waals surface area contributed by atoms with E-state index in [1.807, 2.05) is 43.3 Å². The van der Waals surface area contributed by atoms with Crippen molar-refractivity contribution in [3.8, 4) is 5.75 Å². The maximum Gasteiger partial charge on any atom is 0.272 e. The van der Waals surface area contributed by atoms with Crippen LogP contribution in [0, 0.1) is 10.1 Å². The number of nitrogens with zero attached hydrogens (tertiary/aromatic N) is 2. The fourth-order valence-corrected chi connectivity index (χ4v) is 3.29. The Labute approximate surface area is 215 Å². The lowest BCUT2D eigenvalue weighted by Gasteiger charge is -2.13. The van der Waals surface area contributed by atoms with Crippen LogP contribution in [-0.2, 0) is 4.79 Å². The zero-order chi connectivity index (χ0) is 26.8. The Balaban J connectivity index is 1.81. The highest BCUT2D eigenvalue weighted by Crippen LogP contribution is 2.18. The molecule has 0 saturated carbocycles. The number of nitrogens with one attached hydrogen (secondary N) is 2. The Morgan fingerprint density at radius 2 is 1.62 bits per heavy atom. The van der Waals surface area contributed by atoms with Gasteiger partial charge in [0.2, 0.25) is 0 Å². The van der Waals surface area contributed by atoms with Crippen molar-refractivity contribution in [3.63, 3.8) is 0 Å². The number of nitro benzene ring substituents is 1. The molecule has 3 rings (SSSR count). The third kappa shape index (κ3) is 7.93. The van der Waals surface area contributed by atoms with Gasteiger partial charge in [-0.1, -0.05) is 25.5 Å². The quantitative estimate of drug-likeness (QED) is 0.160. The molecule has 0 heterocycles. The van der Waals surface area contributed by atoms with Gasteiger partial charge in [-0.05, 0) is 66.6 Å². The third-order valence-corrected chi connectivity index (χ3v) is 5.43. The monoisotopic (exact) mass is 502 g/mol. The summed E-state index contributed by atoms with van der Waals surface area (Å²) in [5.74, 6) is -0.369. The molecule has 0 radical (unpaired) electrons. The second-order valence-electron chi connectivity index (χ2n) is 8.48. The summed E-state index contributed by atoms with van der Waals surface area (Å²) in [7, 11) is 3.85. The summed E-state index contributed by atoms with van der Waals surface area (Å²) < 4.78 is 5.64. The van der Waals surface area contributed by atoms with Gasteiger partial charge in [0.15, 0.2) is 0 Å². The first-order valence-corrected chi connectivity index (χ1v) is 11.9. The molecule has 0 atom stereocenters. The SMILES string of the molecule is CCCCOc1ccc(C(=O)N/C(=C/c2ccc(N(C)C)cc2)C(=O)Nc2ccc([N+](=O)[O-])cc2)cc1. The van der Waals surface area contributed by atoms with Crippen molar-refractivity contribution in [1.82, 2.24) is 5.32 Å². The van der Waals surface area contributed by atoms with Gasteiger partial charge in [-0.2, -0.15) is 0 Å². The van der Waals surface area contributed by atoms with Gasteiger partial charge >= 0.3 is 0 Å². The largest absolute Gasteiger partial charge is 0.494 e. The molecule has 0 saturated heterocycles. The van der Waals surface area contributed by atoms with Gasteiger partial charge in [0.1, 0.15) is 11.4 Å². The zero-order valence-corrected chi connectivity index (χ0v) is 21.1. The fraction of sp³-hybridized carbons (Fsp3) is 0.214. The van der Waals surface area contributed by atoms with Gasteiger partial charge in [0, 0.05) is 43.2 Å². The molecule has 0 fully saturated rings. The van der Waals surface area contributed by atoms with Crippen molar-refractivity contribution in [1.29, 1.82) is 0 Å². The van der Waals surface area contributed by atoms with Crippen LogP contribution in [0.2, 0.25) is 0 Å². The number of unbranched alkanes of at least 4 members (excludes halogenated alkanes) is 1. The number of rotatable bonds is 11. The van der Waals surface area contributed by atoms with Crippen LogP contribution in [0.25, 0.3) is 6.08 Å². The summed E-state index contributed by atoms with van der Waals surface area (Å²) in [5, 5.41) is 16.3. The number of carbonyl (C=O) groups excluding carboxylic acids is 2. The second-order valence-corrected chi connectivity index (χ2v) is 8.48. The van der Waals surface area contributed by atoms with Crippen molar-refractivity contribution in [2.75, 3.05) is 30.9 Å². The van der Waals surface area contributed by atoms with Crippen molar-refractivity contribution < 1.29 is 19.2 Å². The molecule has 0 aromatic heterocycles. The molecule has 0 unspecified atom stereocenters.